The summed E-state index contributed by atoms with van der Waals surface area (Å²) in [5.74, 6) is -0.246. The summed E-state index contributed by atoms with van der Waals surface area (Å²) in [5.41, 5.74) is 5.30. The standard InChI is InChI=1S/C9H8N6O3S2/c1-4-12-13-9(19-4)20-8-6(15(17)18)2-5(3-11-8)7(10)14-16/h2-3,16H,1H3,(H2,10,14). The van der Waals surface area contributed by atoms with E-state index in [9.17, 15) is 10.1 Å². The van der Waals surface area contributed by atoms with E-state index in [1.54, 1.807) is 6.92 Å². The maximum Gasteiger partial charge on any atom is 0.302 e. The minimum absolute atomic E-state index is 0.164. The van der Waals surface area contributed by atoms with Gasteiger partial charge in [-0.05, 0) is 18.7 Å². The number of oxime groups is 1. The highest BCUT2D eigenvalue weighted by Gasteiger charge is 2.20. The molecule has 0 amide bonds. The molecule has 9 nitrogen and oxygen atoms in total. The van der Waals surface area contributed by atoms with Crippen LogP contribution in [-0.2, 0) is 0 Å². The molecule has 0 aliphatic rings. The maximum atomic E-state index is 11.1. The van der Waals surface area contributed by atoms with Crippen LogP contribution >= 0.6 is 23.1 Å². The SMILES string of the molecule is Cc1nnc(Sc2ncc(C(N)=NO)cc2[N+](=O)[O-])s1. The smallest absolute Gasteiger partial charge is 0.302 e. The summed E-state index contributed by atoms with van der Waals surface area (Å²) in [6.07, 6.45) is 1.29. The molecule has 11 heteroatoms. The van der Waals surface area contributed by atoms with Crippen LogP contribution in [0.25, 0.3) is 0 Å². The maximum absolute atomic E-state index is 11.1. The first-order valence-electron chi connectivity index (χ1n) is 5.11. The van der Waals surface area contributed by atoms with E-state index in [2.05, 4.69) is 20.3 Å². The van der Waals surface area contributed by atoms with E-state index in [1.165, 1.54) is 23.6 Å². The van der Waals surface area contributed by atoms with Crippen molar-refractivity contribution in [2.45, 2.75) is 16.3 Å². The molecule has 2 aromatic rings. The van der Waals surface area contributed by atoms with Gasteiger partial charge in [-0.25, -0.2) is 4.98 Å². The van der Waals surface area contributed by atoms with Gasteiger partial charge in [-0.3, -0.25) is 10.1 Å². The van der Waals surface area contributed by atoms with Crippen molar-refractivity contribution in [2.75, 3.05) is 0 Å². The second-order valence-corrected chi connectivity index (χ2v) is 5.90. The van der Waals surface area contributed by atoms with Crippen LogP contribution in [0.1, 0.15) is 10.6 Å². The Morgan fingerprint density at radius 1 is 1.60 bits per heavy atom. The zero-order valence-corrected chi connectivity index (χ0v) is 11.7. The highest BCUT2D eigenvalue weighted by Crippen LogP contribution is 2.34. The van der Waals surface area contributed by atoms with Crippen LogP contribution in [-0.4, -0.2) is 31.1 Å². The summed E-state index contributed by atoms with van der Waals surface area (Å²) >= 11 is 2.35. The molecule has 0 saturated carbocycles. The van der Waals surface area contributed by atoms with Gasteiger partial charge in [0.2, 0.25) is 0 Å². The minimum Gasteiger partial charge on any atom is -0.409 e. The average molecular weight is 312 g/mol. The number of amidine groups is 1. The molecule has 2 rings (SSSR count). The summed E-state index contributed by atoms with van der Waals surface area (Å²) in [6, 6.07) is 1.19. The molecule has 0 radical (unpaired) electrons. The summed E-state index contributed by atoms with van der Waals surface area (Å²) in [4.78, 5) is 14.4. The number of nitrogens with two attached hydrogens (primary N) is 1. The molecule has 0 fully saturated rings. The topological polar surface area (TPSA) is 140 Å². The average Bonchev–Trinajstić information content (AvgIpc) is 2.83. The van der Waals surface area contributed by atoms with Gasteiger partial charge >= 0.3 is 5.69 Å². The van der Waals surface area contributed by atoms with Gasteiger partial charge in [0, 0.05) is 17.8 Å². The highest BCUT2D eigenvalue weighted by atomic mass is 32.2. The molecule has 0 aliphatic heterocycles. The Morgan fingerprint density at radius 3 is 2.90 bits per heavy atom. The number of pyridine rings is 1. The molecule has 0 aliphatic carbocycles. The predicted octanol–water partition coefficient (Wildman–Crippen LogP) is 1.40. The lowest BCUT2D eigenvalue weighted by molar-refractivity contribution is -0.388. The van der Waals surface area contributed by atoms with Gasteiger partial charge < -0.3 is 10.9 Å². The number of aromatic nitrogens is 3. The third kappa shape index (κ3) is 3.00. The Balaban J connectivity index is 2.40. The van der Waals surface area contributed by atoms with Crippen LogP contribution < -0.4 is 5.73 Å². The molecular formula is C9H8N6O3S2. The zero-order valence-electron chi connectivity index (χ0n) is 10.0. The van der Waals surface area contributed by atoms with Crippen molar-refractivity contribution in [1.82, 2.24) is 15.2 Å². The van der Waals surface area contributed by atoms with Crippen molar-refractivity contribution in [3.05, 3.63) is 32.9 Å². The summed E-state index contributed by atoms with van der Waals surface area (Å²) < 4.78 is 0.551. The molecular weight excluding hydrogens is 304 g/mol. The van der Waals surface area contributed by atoms with Gasteiger partial charge in [-0.15, -0.1) is 10.2 Å². The van der Waals surface area contributed by atoms with Gasteiger partial charge in [0.1, 0.15) is 5.01 Å². The van der Waals surface area contributed by atoms with Gasteiger partial charge in [-0.2, -0.15) is 0 Å². The molecule has 20 heavy (non-hydrogen) atoms. The van der Waals surface area contributed by atoms with E-state index in [0.29, 0.717) is 4.34 Å². The number of hydrogen-bond acceptors (Lipinski definition) is 9. The molecule has 0 unspecified atom stereocenters. The first-order chi connectivity index (χ1) is 9.51. The van der Waals surface area contributed by atoms with E-state index in [4.69, 9.17) is 10.9 Å². The number of rotatable bonds is 4. The quantitative estimate of drug-likeness (QED) is 0.284. The summed E-state index contributed by atoms with van der Waals surface area (Å²) in [5, 5.41) is 31.0. The molecule has 2 heterocycles. The van der Waals surface area contributed by atoms with Gasteiger partial charge in [0.25, 0.3) is 0 Å². The summed E-state index contributed by atoms with van der Waals surface area (Å²) in [7, 11) is 0. The van der Waals surface area contributed by atoms with Gasteiger partial charge in [-0.1, -0.05) is 16.5 Å². The molecule has 0 atom stereocenters. The fourth-order valence-corrected chi connectivity index (χ4v) is 3.02. The zero-order chi connectivity index (χ0) is 14.7. The number of hydrogen-bond donors (Lipinski definition) is 2. The Hall–Kier alpha value is -2.27. The number of aryl methyl sites for hydroxylation is 1. The van der Waals surface area contributed by atoms with Crippen molar-refractivity contribution in [1.29, 1.82) is 0 Å². The highest BCUT2D eigenvalue weighted by molar-refractivity contribution is 8.01. The van der Waals surface area contributed by atoms with Crippen molar-refractivity contribution in [2.24, 2.45) is 10.9 Å². The third-order valence-corrected chi connectivity index (χ3v) is 4.02. The van der Waals surface area contributed by atoms with Crippen molar-refractivity contribution < 1.29 is 10.1 Å². The Labute approximate surface area is 120 Å². The third-order valence-electron chi connectivity index (χ3n) is 2.12. The largest absolute Gasteiger partial charge is 0.409 e. The normalized spacial score (nSPS) is 11.6. The van der Waals surface area contributed by atoms with E-state index in [-0.39, 0.29) is 22.1 Å². The molecule has 0 spiro atoms. The van der Waals surface area contributed by atoms with Crippen LogP contribution in [0.2, 0.25) is 0 Å². The lowest BCUT2D eigenvalue weighted by atomic mass is 10.2. The van der Waals surface area contributed by atoms with E-state index in [0.717, 1.165) is 16.8 Å². The Kier molecular flexibility index (Phi) is 4.10. The second-order valence-electron chi connectivity index (χ2n) is 3.48. The van der Waals surface area contributed by atoms with Crippen molar-refractivity contribution in [3.8, 4) is 0 Å². The molecule has 104 valence electrons. The molecule has 0 saturated heterocycles. The van der Waals surface area contributed by atoms with E-state index >= 15 is 0 Å². The Morgan fingerprint density at radius 2 is 2.35 bits per heavy atom. The van der Waals surface area contributed by atoms with E-state index in [1.807, 2.05) is 0 Å². The van der Waals surface area contributed by atoms with Crippen LogP contribution in [0, 0.1) is 17.0 Å². The lowest BCUT2D eigenvalue weighted by Crippen LogP contribution is -2.14. The van der Waals surface area contributed by atoms with Crippen LogP contribution in [0.15, 0.2) is 26.8 Å². The van der Waals surface area contributed by atoms with Crippen molar-refractivity contribution >= 4 is 34.6 Å². The fourth-order valence-electron chi connectivity index (χ4n) is 1.25. The Bertz CT molecular complexity index is 686. The second kappa shape index (κ2) is 5.79. The van der Waals surface area contributed by atoms with E-state index < -0.39 is 4.92 Å². The predicted molar refractivity (Wildman–Crippen MR) is 72.2 cm³/mol. The molecule has 0 aromatic carbocycles. The molecule has 3 N–H and O–H groups in total. The van der Waals surface area contributed by atoms with Crippen LogP contribution in [0.4, 0.5) is 5.69 Å². The minimum atomic E-state index is -0.586. The van der Waals surface area contributed by atoms with Crippen molar-refractivity contribution in [3.63, 3.8) is 0 Å². The lowest BCUT2D eigenvalue weighted by Gasteiger charge is -2.02. The van der Waals surface area contributed by atoms with Crippen LogP contribution in [0.3, 0.4) is 0 Å². The number of nitro groups is 1. The first-order valence-corrected chi connectivity index (χ1v) is 6.75. The number of nitrogens with zero attached hydrogens (tertiary/aromatic N) is 5. The first kappa shape index (κ1) is 14.1. The monoisotopic (exact) mass is 312 g/mol. The fraction of sp³-hybridized carbons (Fsp3) is 0.111. The van der Waals surface area contributed by atoms with Gasteiger partial charge in [0.15, 0.2) is 15.2 Å². The van der Waals surface area contributed by atoms with Crippen LogP contribution in [0.5, 0.6) is 0 Å². The molecule has 0 bridgehead atoms. The van der Waals surface area contributed by atoms with Gasteiger partial charge in [0.05, 0.1) is 4.92 Å². The molecule has 2 aromatic heterocycles. The summed E-state index contributed by atoms with van der Waals surface area (Å²) in [6.45, 7) is 1.78.